The largest absolute Gasteiger partial charge is 0.445 e. The lowest BCUT2D eigenvalue weighted by atomic mass is 10.2. The predicted molar refractivity (Wildman–Crippen MR) is 59.0 cm³/mol. The van der Waals surface area contributed by atoms with Gasteiger partial charge < -0.3 is 14.8 Å². The van der Waals surface area contributed by atoms with Gasteiger partial charge in [-0.15, -0.1) is 0 Å². The minimum absolute atomic E-state index is 0.312. The minimum atomic E-state index is -0.371. The molecule has 4 heteroatoms. The van der Waals surface area contributed by atoms with Crippen molar-refractivity contribution in [2.75, 3.05) is 13.2 Å². The van der Waals surface area contributed by atoms with Gasteiger partial charge in [-0.05, 0) is 12.0 Å². The van der Waals surface area contributed by atoms with Crippen LogP contribution < -0.4 is 5.32 Å². The van der Waals surface area contributed by atoms with Gasteiger partial charge in [0.15, 0.2) is 0 Å². The van der Waals surface area contributed by atoms with Gasteiger partial charge in [0.05, 0.1) is 12.7 Å². The summed E-state index contributed by atoms with van der Waals surface area (Å²) < 4.78 is 10.1. The highest BCUT2D eigenvalue weighted by Gasteiger charge is 2.21. The summed E-state index contributed by atoms with van der Waals surface area (Å²) in [5.41, 5.74) is 0.989. The first-order valence-corrected chi connectivity index (χ1v) is 5.41. The Bertz CT molecular complexity index is 335. The highest BCUT2D eigenvalue weighted by molar-refractivity contribution is 5.67. The number of alkyl carbamates (subject to hydrolysis) is 1. The van der Waals surface area contributed by atoms with Crippen LogP contribution in [0.2, 0.25) is 0 Å². The van der Waals surface area contributed by atoms with Crippen molar-refractivity contribution in [1.82, 2.24) is 5.32 Å². The third-order valence-electron chi connectivity index (χ3n) is 2.35. The first kappa shape index (κ1) is 11.0. The third kappa shape index (κ3) is 3.90. The molecule has 86 valence electrons. The molecule has 0 aromatic heterocycles. The smallest absolute Gasteiger partial charge is 0.407 e. The summed E-state index contributed by atoms with van der Waals surface area (Å²) in [7, 11) is 0. The van der Waals surface area contributed by atoms with Gasteiger partial charge in [0.1, 0.15) is 6.61 Å². The van der Waals surface area contributed by atoms with Gasteiger partial charge in [0.25, 0.3) is 0 Å². The van der Waals surface area contributed by atoms with Gasteiger partial charge in [0.2, 0.25) is 0 Å². The Morgan fingerprint density at radius 3 is 2.88 bits per heavy atom. The lowest BCUT2D eigenvalue weighted by molar-refractivity contribution is 0.139. The van der Waals surface area contributed by atoms with Crippen LogP contribution in [0, 0.1) is 0 Å². The minimum Gasteiger partial charge on any atom is -0.445 e. The van der Waals surface area contributed by atoms with Gasteiger partial charge in [-0.25, -0.2) is 4.79 Å². The standard InChI is InChI=1S/C12H15NO3/c14-12(13-7-6-11-9-15-11)16-8-10-4-2-1-3-5-10/h1-5,11H,6-9H2,(H,13,14)/t11-/m0/s1. The molecule has 1 atom stereocenters. The van der Waals surface area contributed by atoms with Gasteiger partial charge in [0, 0.05) is 6.54 Å². The maximum absolute atomic E-state index is 11.2. The lowest BCUT2D eigenvalue weighted by Crippen LogP contribution is -2.26. The van der Waals surface area contributed by atoms with Crippen molar-refractivity contribution in [1.29, 1.82) is 0 Å². The molecule has 2 rings (SSSR count). The monoisotopic (exact) mass is 221 g/mol. The molecule has 1 aliphatic rings. The summed E-state index contributed by atoms with van der Waals surface area (Å²) in [5.74, 6) is 0. The van der Waals surface area contributed by atoms with Crippen molar-refractivity contribution in [3.8, 4) is 0 Å². The number of nitrogens with one attached hydrogen (secondary N) is 1. The predicted octanol–water partition coefficient (Wildman–Crippen LogP) is 1.70. The number of carbonyl (C=O) groups excluding carboxylic acids is 1. The molecule has 4 nitrogen and oxygen atoms in total. The molecule has 1 aliphatic heterocycles. The zero-order valence-electron chi connectivity index (χ0n) is 9.02. The van der Waals surface area contributed by atoms with E-state index < -0.39 is 0 Å². The zero-order chi connectivity index (χ0) is 11.2. The highest BCUT2D eigenvalue weighted by atomic mass is 16.6. The molecule has 0 radical (unpaired) electrons. The molecule has 0 bridgehead atoms. The third-order valence-corrected chi connectivity index (χ3v) is 2.35. The second kappa shape index (κ2) is 5.51. The second-order valence-corrected chi connectivity index (χ2v) is 3.73. The maximum Gasteiger partial charge on any atom is 0.407 e. The van der Waals surface area contributed by atoms with E-state index in [1.54, 1.807) is 0 Å². The second-order valence-electron chi connectivity index (χ2n) is 3.73. The van der Waals surface area contributed by atoms with Crippen molar-refractivity contribution in [3.63, 3.8) is 0 Å². The van der Waals surface area contributed by atoms with E-state index in [1.165, 1.54) is 0 Å². The van der Waals surface area contributed by atoms with Crippen LogP contribution in [-0.2, 0) is 16.1 Å². The molecule has 1 amide bonds. The van der Waals surface area contributed by atoms with Gasteiger partial charge in [-0.3, -0.25) is 0 Å². The quantitative estimate of drug-likeness (QED) is 0.770. The van der Waals surface area contributed by atoms with E-state index >= 15 is 0 Å². The van der Waals surface area contributed by atoms with E-state index in [-0.39, 0.29) is 6.09 Å². The summed E-state index contributed by atoms with van der Waals surface area (Å²) >= 11 is 0. The highest BCUT2D eigenvalue weighted by Crippen LogP contribution is 2.11. The van der Waals surface area contributed by atoms with Crippen LogP contribution >= 0.6 is 0 Å². The van der Waals surface area contributed by atoms with Gasteiger partial charge in [-0.1, -0.05) is 30.3 Å². The van der Waals surface area contributed by atoms with Crippen molar-refractivity contribution in [2.24, 2.45) is 0 Å². The average Bonchev–Trinajstić information content (AvgIpc) is 3.12. The summed E-state index contributed by atoms with van der Waals surface area (Å²) in [6.45, 7) is 1.74. The van der Waals surface area contributed by atoms with Crippen LogP contribution in [0.15, 0.2) is 30.3 Å². The molecule has 0 spiro atoms. The zero-order valence-corrected chi connectivity index (χ0v) is 9.02. The number of amides is 1. The van der Waals surface area contributed by atoms with Crippen LogP contribution in [0.25, 0.3) is 0 Å². The Morgan fingerprint density at radius 2 is 2.19 bits per heavy atom. The van der Waals surface area contributed by atoms with Crippen molar-refractivity contribution in [2.45, 2.75) is 19.1 Å². The number of rotatable bonds is 5. The van der Waals surface area contributed by atoms with Crippen LogP contribution in [-0.4, -0.2) is 25.3 Å². The molecule has 1 saturated heterocycles. The fraction of sp³-hybridized carbons (Fsp3) is 0.417. The van der Waals surface area contributed by atoms with Crippen molar-refractivity contribution in [3.05, 3.63) is 35.9 Å². The molecule has 0 aliphatic carbocycles. The Balaban J connectivity index is 1.59. The summed E-state index contributed by atoms with van der Waals surface area (Å²) in [6.07, 6.45) is 0.833. The molecule has 1 fully saturated rings. The number of epoxide rings is 1. The molecule has 16 heavy (non-hydrogen) atoms. The molecular weight excluding hydrogens is 206 g/mol. The molecule has 0 unspecified atom stereocenters. The van der Waals surface area contributed by atoms with Crippen LogP contribution in [0.3, 0.4) is 0 Å². The molecule has 1 N–H and O–H groups in total. The SMILES string of the molecule is O=C(NCC[C@H]1CO1)OCc1ccccc1. The first-order valence-electron chi connectivity index (χ1n) is 5.41. The molecule has 1 heterocycles. The first-order chi connectivity index (χ1) is 7.84. The Hall–Kier alpha value is -1.55. The van der Waals surface area contributed by atoms with E-state index in [1.807, 2.05) is 30.3 Å². The van der Waals surface area contributed by atoms with Crippen LogP contribution in [0.4, 0.5) is 4.79 Å². The summed E-state index contributed by atoms with van der Waals surface area (Å²) in [5, 5.41) is 2.68. The lowest BCUT2D eigenvalue weighted by Gasteiger charge is -2.06. The van der Waals surface area contributed by atoms with E-state index in [0.29, 0.717) is 19.3 Å². The normalized spacial score (nSPS) is 17.9. The van der Waals surface area contributed by atoms with Crippen LogP contribution in [0.5, 0.6) is 0 Å². The molecule has 1 aromatic carbocycles. The molecular formula is C12H15NO3. The topological polar surface area (TPSA) is 50.9 Å². The number of hydrogen-bond acceptors (Lipinski definition) is 3. The van der Waals surface area contributed by atoms with E-state index in [4.69, 9.17) is 9.47 Å². The fourth-order valence-corrected chi connectivity index (χ4v) is 1.34. The Morgan fingerprint density at radius 1 is 1.44 bits per heavy atom. The Kier molecular flexibility index (Phi) is 3.77. The van der Waals surface area contributed by atoms with Crippen LogP contribution in [0.1, 0.15) is 12.0 Å². The Labute approximate surface area is 94.6 Å². The number of ether oxygens (including phenoxy) is 2. The number of benzene rings is 1. The van der Waals surface area contributed by atoms with E-state index in [9.17, 15) is 4.79 Å². The fourth-order valence-electron chi connectivity index (χ4n) is 1.34. The maximum atomic E-state index is 11.2. The summed E-state index contributed by atoms with van der Waals surface area (Å²) in [6, 6.07) is 9.61. The van der Waals surface area contributed by atoms with E-state index in [0.717, 1.165) is 18.6 Å². The molecule has 0 saturated carbocycles. The van der Waals surface area contributed by atoms with Gasteiger partial charge >= 0.3 is 6.09 Å². The molecule has 1 aromatic rings. The van der Waals surface area contributed by atoms with Crippen molar-refractivity contribution < 1.29 is 14.3 Å². The average molecular weight is 221 g/mol. The van der Waals surface area contributed by atoms with Gasteiger partial charge in [-0.2, -0.15) is 0 Å². The number of carbonyl (C=O) groups is 1. The summed E-state index contributed by atoms with van der Waals surface area (Å²) in [4.78, 5) is 11.2. The number of hydrogen-bond donors (Lipinski definition) is 1. The van der Waals surface area contributed by atoms with Crippen molar-refractivity contribution >= 4 is 6.09 Å². The van der Waals surface area contributed by atoms with E-state index in [2.05, 4.69) is 5.32 Å².